The molecule has 0 bridgehead atoms. The van der Waals surface area contributed by atoms with Gasteiger partial charge in [-0.25, -0.2) is 41.4 Å². The van der Waals surface area contributed by atoms with Crippen LogP contribution in [0.3, 0.4) is 0 Å². The number of hydrogen-bond donors (Lipinski definition) is 1. The van der Waals surface area contributed by atoms with Crippen LogP contribution in [0.1, 0.15) is 19.0 Å². The third-order valence-electron chi connectivity index (χ3n) is 4.90. The third kappa shape index (κ3) is 4.78. The van der Waals surface area contributed by atoms with Gasteiger partial charge in [-0.05, 0) is 19.1 Å². The number of anilines is 1. The first-order valence-electron chi connectivity index (χ1n) is 9.50. The summed E-state index contributed by atoms with van der Waals surface area (Å²) >= 11 is 0. The molecule has 0 spiro atoms. The molecule has 1 aliphatic rings. The van der Waals surface area contributed by atoms with E-state index in [1.54, 1.807) is 13.0 Å². The number of rotatable bonds is 6. The maximum Gasteiger partial charge on any atom is 0.282 e. The largest absolute Gasteiger partial charge is 0.373 e. The Morgan fingerprint density at radius 3 is 2.81 bits per heavy atom. The Labute approximate surface area is 177 Å². The van der Waals surface area contributed by atoms with Gasteiger partial charge < -0.3 is 9.64 Å². The molecule has 1 unspecified atom stereocenters. The number of hydrogen-bond acceptors (Lipinski definition) is 8. The van der Waals surface area contributed by atoms with Crippen molar-refractivity contribution in [1.82, 2.24) is 29.3 Å². The number of ether oxygens (including phenoxy) is 1. The van der Waals surface area contributed by atoms with E-state index < -0.39 is 22.5 Å². The fourth-order valence-electron chi connectivity index (χ4n) is 3.44. The maximum absolute atomic E-state index is 13.1. The second-order valence-corrected chi connectivity index (χ2v) is 9.05. The molecule has 166 valence electrons. The van der Waals surface area contributed by atoms with E-state index in [0.717, 1.165) is 6.26 Å². The van der Waals surface area contributed by atoms with Crippen LogP contribution in [0, 0.1) is 0 Å². The zero-order valence-electron chi connectivity index (χ0n) is 16.8. The van der Waals surface area contributed by atoms with Crippen molar-refractivity contribution in [2.45, 2.75) is 25.5 Å². The van der Waals surface area contributed by atoms with Crippen LogP contribution < -0.4 is 9.62 Å². The summed E-state index contributed by atoms with van der Waals surface area (Å²) in [4.78, 5) is 14.7. The monoisotopic (exact) mass is 453 g/mol. The highest BCUT2D eigenvalue weighted by Crippen LogP contribution is 2.24. The second kappa shape index (κ2) is 8.40. The normalized spacial score (nSPS) is 18.6. The summed E-state index contributed by atoms with van der Waals surface area (Å²) in [6.45, 7) is 3.11. The Morgan fingerprint density at radius 2 is 2.06 bits per heavy atom. The average molecular weight is 453 g/mol. The van der Waals surface area contributed by atoms with Gasteiger partial charge in [-0.1, -0.05) is 0 Å². The van der Waals surface area contributed by atoms with Gasteiger partial charge in [-0.15, -0.1) is 0 Å². The molecular formula is C18H21F2N7O3S. The van der Waals surface area contributed by atoms with E-state index in [-0.39, 0.29) is 11.8 Å². The van der Waals surface area contributed by atoms with Crippen LogP contribution in [0.4, 0.5) is 14.6 Å². The maximum atomic E-state index is 13.1. The van der Waals surface area contributed by atoms with Crippen molar-refractivity contribution in [3.8, 4) is 11.4 Å². The molecule has 1 N–H and O–H groups in total. The zero-order chi connectivity index (χ0) is 22.2. The topological polar surface area (TPSA) is 115 Å². The standard InChI is InChI=1S/C18H21F2N7O3S/c1-11(25-31(2,28)29)15-9-26(5-6-30-15)17-7-13(22-10-23-17)14-8-21-16-4-3-12(18(19)20)24-27(14)16/h3-4,7-8,10-11,15,18,25H,5-6,9H2,1-2H3/t11-,15?/m1/s1. The fraction of sp³-hybridized carbons (Fsp3) is 0.444. The van der Waals surface area contributed by atoms with Gasteiger partial charge in [0.05, 0.1) is 30.9 Å². The van der Waals surface area contributed by atoms with E-state index >= 15 is 0 Å². The molecule has 1 aliphatic heterocycles. The summed E-state index contributed by atoms with van der Waals surface area (Å²) in [7, 11) is -3.37. The van der Waals surface area contributed by atoms with Crippen molar-refractivity contribution >= 4 is 21.5 Å². The van der Waals surface area contributed by atoms with Crippen LogP contribution in [-0.4, -0.2) is 71.1 Å². The zero-order valence-corrected chi connectivity index (χ0v) is 17.6. The number of fused-ring (bicyclic) bond motifs is 1. The summed E-state index contributed by atoms with van der Waals surface area (Å²) in [6.07, 6.45) is 0.930. The van der Waals surface area contributed by atoms with Crippen LogP contribution in [0.5, 0.6) is 0 Å². The minimum atomic E-state index is -3.37. The molecule has 4 heterocycles. The van der Waals surface area contributed by atoms with Gasteiger partial charge in [-0.2, -0.15) is 5.10 Å². The molecule has 3 aromatic heterocycles. The Balaban J connectivity index is 1.60. The molecule has 2 atom stereocenters. The molecule has 13 heteroatoms. The number of alkyl halides is 2. The van der Waals surface area contributed by atoms with Crippen LogP contribution in [0.2, 0.25) is 0 Å². The van der Waals surface area contributed by atoms with Crippen molar-refractivity contribution in [2.75, 3.05) is 30.9 Å². The molecular weight excluding hydrogens is 432 g/mol. The number of sulfonamides is 1. The molecule has 1 fully saturated rings. The summed E-state index contributed by atoms with van der Waals surface area (Å²) < 4.78 is 58.8. The van der Waals surface area contributed by atoms with E-state index in [2.05, 4.69) is 24.8 Å². The first kappa shape index (κ1) is 21.5. The quantitative estimate of drug-likeness (QED) is 0.594. The van der Waals surface area contributed by atoms with Crippen molar-refractivity contribution in [2.24, 2.45) is 0 Å². The molecule has 3 aromatic rings. The Hall–Kier alpha value is -2.77. The van der Waals surface area contributed by atoms with E-state index in [1.807, 2.05) is 4.90 Å². The van der Waals surface area contributed by atoms with Crippen LogP contribution in [0.25, 0.3) is 17.0 Å². The van der Waals surface area contributed by atoms with E-state index in [9.17, 15) is 17.2 Å². The minimum Gasteiger partial charge on any atom is -0.373 e. The van der Waals surface area contributed by atoms with Gasteiger partial charge in [0.1, 0.15) is 23.5 Å². The Morgan fingerprint density at radius 1 is 1.26 bits per heavy atom. The molecule has 0 saturated carbocycles. The number of aromatic nitrogens is 5. The summed E-state index contributed by atoms with van der Waals surface area (Å²) in [5.74, 6) is 0.602. The number of halogens is 2. The lowest BCUT2D eigenvalue weighted by Crippen LogP contribution is -2.52. The SMILES string of the molecule is C[C@@H](NS(C)(=O)=O)C1CN(c2cc(-c3cnc4ccc(C(F)F)nn34)ncn2)CCO1. The Bertz CT molecular complexity index is 1190. The van der Waals surface area contributed by atoms with E-state index in [0.29, 0.717) is 42.5 Å². The second-order valence-electron chi connectivity index (χ2n) is 7.27. The van der Waals surface area contributed by atoms with Crippen LogP contribution in [-0.2, 0) is 14.8 Å². The molecule has 0 radical (unpaired) electrons. The number of nitrogens with one attached hydrogen (secondary N) is 1. The first-order valence-corrected chi connectivity index (χ1v) is 11.4. The number of morpholine rings is 1. The van der Waals surface area contributed by atoms with Gasteiger partial charge in [0, 0.05) is 25.2 Å². The molecule has 1 saturated heterocycles. The van der Waals surface area contributed by atoms with Crippen molar-refractivity contribution < 1.29 is 21.9 Å². The highest BCUT2D eigenvalue weighted by Gasteiger charge is 2.28. The van der Waals surface area contributed by atoms with Gasteiger partial charge in [0.2, 0.25) is 10.0 Å². The van der Waals surface area contributed by atoms with Gasteiger partial charge in [0.15, 0.2) is 5.65 Å². The lowest BCUT2D eigenvalue weighted by Gasteiger charge is -2.36. The predicted molar refractivity (Wildman–Crippen MR) is 108 cm³/mol. The molecule has 31 heavy (non-hydrogen) atoms. The van der Waals surface area contributed by atoms with Gasteiger partial charge >= 0.3 is 0 Å². The Kier molecular flexibility index (Phi) is 5.81. The average Bonchev–Trinajstić information content (AvgIpc) is 3.16. The summed E-state index contributed by atoms with van der Waals surface area (Å²) in [6, 6.07) is 4.01. The smallest absolute Gasteiger partial charge is 0.282 e. The lowest BCUT2D eigenvalue weighted by atomic mass is 10.1. The molecule has 10 nitrogen and oxygen atoms in total. The highest BCUT2D eigenvalue weighted by atomic mass is 32.2. The number of imidazole rings is 1. The van der Waals surface area contributed by atoms with E-state index in [4.69, 9.17) is 4.74 Å². The first-order chi connectivity index (χ1) is 14.7. The van der Waals surface area contributed by atoms with E-state index in [1.165, 1.54) is 29.2 Å². The summed E-state index contributed by atoms with van der Waals surface area (Å²) in [5.41, 5.74) is 0.996. The van der Waals surface area contributed by atoms with Crippen LogP contribution >= 0.6 is 0 Å². The van der Waals surface area contributed by atoms with Gasteiger partial charge in [0.25, 0.3) is 6.43 Å². The minimum absolute atomic E-state index is 0.357. The van der Waals surface area contributed by atoms with Crippen molar-refractivity contribution in [3.05, 3.63) is 36.4 Å². The van der Waals surface area contributed by atoms with Crippen LogP contribution in [0.15, 0.2) is 30.7 Å². The molecule has 4 rings (SSSR count). The summed E-state index contributed by atoms with van der Waals surface area (Å²) in [5, 5.41) is 3.97. The third-order valence-corrected chi connectivity index (χ3v) is 5.70. The molecule has 0 amide bonds. The predicted octanol–water partition coefficient (Wildman–Crippen LogP) is 1.27. The molecule has 0 aliphatic carbocycles. The van der Waals surface area contributed by atoms with Crippen molar-refractivity contribution in [1.29, 1.82) is 0 Å². The highest BCUT2D eigenvalue weighted by molar-refractivity contribution is 7.88. The number of nitrogens with zero attached hydrogens (tertiary/aromatic N) is 6. The molecule has 0 aromatic carbocycles. The lowest BCUT2D eigenvalue weighted by molar-refractivity contribution is 0.0239. The van der Waals surface area contributed by atoms with Crippen molar-refractivity contribution in [3.63, 3.8) is 0 Å². The van der Waals surface area contributed by atoms with Gasteiger partial charge in [-0.3, -0.25) is 0 Å². The fourth-order valence-corrected chi connectivity index (χ4v) is 4.27.